The van der Waals surface area contributed by atoms with E-state index >= 15 is 0 Å². The molecular formula is C28H56O12Si4. The van der Waals surface area contributed by atoms with Crippen molar-refractivity contribution in [1.82, 2.24) is 0 Å². The predicted molar refractivity (Wildman–Crippen MR) is 171 cm³/mol. The van der Waals surface area contributed by atoms with Crippen LogP contribution in [0.2, 0.25) is 50.4 Å². The first kappa shape index (κ1) is 35.7. The molecule has 0 spiro atoms. The molecule has 16 heteroatoms. The lowest BCUT2D eigenvalue weighted by atomic mass is 10.5. The average molecular weight is 697 g/mol. The topological polar surface area (TPSA) is 124 Å². The fourth-order valence-electron chi connectivity index (χ4n) is 5.86. The summed E-state index contributed by atoms with van der Waals surface area (Å²) in [5.41, 5.74) is 0. The van der Waals surface area contributed by atoms with Crippen LogP contribution >= 0.6 is 0 Å². The molecule has 256 valence electrons. The molecule has 0 aromatic rings. The Kier molecular flexibility index (Phi) is 13.5. The van der Waals surface area contributed by atoms with E-state index in [1.165, 1.54) is 0 Å². The van der Waals surface area contributed by atoms with Crippen molar-refractivity contribution >= 4 is 34.2 Å². The van der Waals surface area contributed by atoms with Crippen LogP contribution in [0.4, 0.5) is 0 Å². The van der Waals surface area contributed by atoms with Gasteiger partial charge in [-0.15, -0.1) is 0 Å². The zero-order chi connectivity index (χ0) is 30.9. The van der Waals surface area contributed by atoms with Gasteiger partial charge in [-0.05, 0) is 76.0 Å². The minimum atomic E-state index is -2.82. The summed E-state index contributed by atoms with van der Waals surface area (Å²) in [5.74, 6) is 0. The lowest BCUT2D eigenvalue weighted by Gasteiger charge is -2.51. The molecule has 0 aromatic carbocycles. The van der Waals surface area contributed by atoms with Crippen molar-refractivity contribution in [2.75, 3.05) is 79.3 Å². The van der Waals surface area contributed by atoms with Crippen LogP contribution in [-0.2, 0) is 54.4 Å². The van der Waals surface area contributed by atoms with Crippen LogP contribution < -0.4 is 0 Å². The fourth-order valence-corrected chi connectivity index (χ4v) is 29.1. The summed E-state index contributed by atoms with van der Waals surface area (Å²) in [6, 6.07) is 3.31. The summed E-state index contributed by atoms with van der Waals surface area (Å²) in [5, 5.41) is 0. The highest BCUT2D eigenvalue weighted by molar-refractivity contribution is 6.94. The first-order valence-corrected chi connectivity index (χ1v) is 26.8. The van der Waals surface area contributed by atoms with Crippen LogP contribution in [0.5, 0.6) is 0 Å². The molecule has 5 aliphatic rings. The van der Waals surface area contributed by atoms with Crippen LogP contribution in [-0.4, -0.2) is 138 Å². The quantitative estimate of drug-likeness (QED) is 0.0833. The molecule has 12 nitrogen and oxygen atoms in total. The van der Waals surface area contributed by atoms with E-state index in [9.17, 15) is 0 Å². The number of hydrogen-bond donors (Lipinski definition) is 0. The highest BCUT2D eigenvalue weighted by atomic mass is 28.5. The normalized spacial score (nSPS) is 35.2. The van der Waals surface area contributed by atoms with E-state index in [0.29, 0.717) is 52.9 Å². The van der Waals surface area contributed by atoms with E-state index in [0.717, 1.165) is 76.3 Å². The van der Waals surface area contributed by atoms with Gasteiger partial charge in [0.05, 0.1) is 52.9 Å². The van der Waals surface area contributed by atoms with Crippen molar-refractivity contribution in [1.29, 1.82) is 0 Å². The summed E-state index contributed by atoms with van der Waals surface area (Å²) < 4.78 is 74.1. The zero-order valence-electron chi connectivity index (χ0n) is 27.4. The first-order chi connectivity index (χ1) is 21.1. The minimum absolute atomic E-state index is 0.255. The zero-order valence-corrected chi connectivity index (χ0v) is 31.4. The summed E-state index contributed by atoms with van der Waals surface area (Å²) >= 11 is 0. The van der Waals surface area contributed by atoms with Gasteiger partial charge in [0.2, 0.25) is 0 Å². The van der Waals surface area contributed by atoms with Gasteiger partial charge in [0.1, 0.15) is 24.4 Å². The molecule has 5 saturated heterocycles. The number of epoxide rings is 4. The smallest absolute Gasteiger partial charge is 0.320 e. The van der Waals surface area contributed by atoms with Gasteiger partial charge >= 0.3 is 34.2 Å². The van der Waals surface area contributed by atoms with Crippen LogP contribution in [0.25, 0.3) is 0 Å². The van der Waals surface area contributed by atoms with Crippen molar-refractivity contribution in [2.45, 2.75) is 100 Å². The fraction of sp³-hybridized carbons (Fsp3) is 1.00. The highest BCUT2D eigenvalue weighted by Gasteiger charge is 2.57. The Morgan fingerprint density at radius 1 is 0.432 bits per heavy atom. The van der Waals surface area contributed by atoms with Crippen LogP contribution in [0.1, 0.15) is 25.7 Å². The van der Waals surface area contributed by atoms with E-state index in [1.807, 2.05) is 0 Å². The molecule has 0 radical (unpaired) electrons. The lowest BCUT2D eigenvalue weighted by Crippen LogP contribution is -2.67. The maximum Gasteiger partial charge on any atom is 0.320 e. The average Bonchev–Trinajstić information content (AvgIpc) is 3.76. The molecule has 5 aliphatic heterocycles. The minimum Gasteiger partial charge on any atom is -0.416 e. The number of hydrogen-bond acceptors (Lipinski definition) is 12. The molecule has 4 unspecified atom stereocenters. The Bertz CT molecular complexity index is 744. The highest BCUT2D eigenvalue weighted by Crippen LogP contribution is 2.40. The van der Waals surface area contributed by atoms with Crippen molar-refractivity contribution in [3.05, 3.63) is 0 Å². The largest absolute Gasteiger partial charge is 0.416 e. The molecule has 0 aromatic heterocycles. The van der Waals surface area contributed by atoms with Crippen molar-refractivity contribution < 1.29 is 54.4 Å². The SMILES string of the molecule is C[Si]1(C)O[Si](C)(C)O[Si](CCCOCC2CO2)(CCCOCC2CO2)O[Si](CCCOCC2CO2)(CCCOCC2CO2)O1. The van der Waals surface area contributed by atoms with Crippen LogP contribution in [0.15, 0.2) is 0 Å². The number of ether oxygens (including phenoxy) is 8. The Labute approximate surface area is 267 Å². The summed E-state index contributed by atoms with van der Waals surface area (Å²) in [7, 11) is -10.8. The molecule has 4 atom stereocenters. The molecule has 0 amide bonds. The second kappa shape index (κ2) is 16.7. The van der Waals surface area contributed by atoms with Gasteiger partial charge in [0, 0.05) is 26.4 Å². The maximum absolute atomic E-state index is 7.60. The molecular weight excluding hydrogens is 641 g/mol. The molecule has 0 bridgehead atoms. The lowest BCUT2D eigenvalue weighted by molar-refractivity contribution is 0.109. The molecule has 0 N–H and O–H groups in total. The van der Waals surface area contributed by atoms with Crippen LogP contribution in [0, 0.1) is 0 Å². The van der Waals surface area contributed by atoms with E-state index in [4.69, 9.17) is 54.4 Å². The van der Waals surface area contributed by atoms with Gasteiger partial charge in [-0.3, -0.25) is 0 Å². The molecule has 5 fully saturated rings. The molecule has 44 heavy (non-hydrogen) atoms. The maximum atomic E-state index is 7.60. The third-order valence-electron chi connectivity index (χ3n) is 7.94. The Morgan fingerprint density at radius 2 is 0.705 bits per heavy atom. The molecule has 5 rings (SSSR count). The third-order valence-corrected chi connectivity index (χ3v) is 26.2. The van der Waals surface area contributed by atoms with Crippen molar-refractivity contribution in [3.8, 4) is 0 Å². The van der Waals surface area contributed by atoms with Gasteiger partial charge < -0.3 is 54.4 Å². The summed E-state index contributed by atoms with van der Waals surface area (Å²) in [6.07, 6.45) is 4.47. The van der Waals surface area contributed by atoms with E-state index in [2.05, 4.69) is 26.2 Å². The van der Waals surface area contributed by atoms with E-state index < -0.39 is 34.2 Å². The van der Waals surface area contributed by atoms with Crippen molar-refractivity contribution in [2.24, 2.45) is 0 Å². The van der Waals surface area contributed by atoms with Gasteiger partial charge in [-0.1, -0.05) is 0 Å². The summed E-state index contributed by atoms with van der Waals surface area (Å²) in [4.78, 5) is 0. The molecule has 0 aliphatic carbocycles. The standard InChI is InChI=1S/C28H56O12Si4/c1-41(2)37-42(3,4)39-44(15-7-11-31-19-27-23-35-27,16-8-12-32-20-28-24-36-28)40-43(38-41,13-5-9-29-17-25-21-33-25)14-6-10-30-18-26-22-34-26/h25-28H,5-24H2,1-4H3. The molecule has 0 saturated carbocycles. The third kappa shape index (κ3) is 13.9. The van der Waals surface area contributed by atoms with Gasteiger partial charge in [-0.2, -0.15) is 0 Å². The monoisotopic (exact) mass is 696 g/mol. The molecule has 5 heterocycles. The van der Waals surface area contributed by atoms with Gasteiger partial charge in [0.15, 0.2) is 0 Å². The summed E-state index contributed by atoms with van der Waals surface area (Å²) in [6.45, 7) is 17.0. The van der Waals surface area contributed by atoms with Gasteiger partial charge in [-0.25, -0.2) is 0 Å². The second-order valence-electron chi connectivity index (χ2n) is 13.6. The van der Waals surface area contributed by atoms with E-state index in [-0.39, 0.29) is 24.4 Å². The Hall–Kier alpha value is 0.388. The van der Waals surface area contributed by atoms with E-state index in [1.54, 1.807) is 0 Å². The first-order valence-electron chi connectivity index (χ1n) is 16.7. The predicted octanol–water partition coefficient (Wildman–Crippen LogP) is 3.58. The number of rotatable bonds is 24. The van der Waals surface area contributed by atoms with Crippen molar-refractivity contribution in [3.63, 3.8) is 0 Å². The second-order valence-corrected chi connectivity index (χ2v) is 28.1. The Morgan fingerprint density at radius 3 is 0.955 bits per heavy atom. The van der Waals surface area contributed by atoms with Gasteiger partial charge in [0.25, 0.3) is 0 Å². The van der Waals surface area contributed by atoms with Crippen LogP contribution in [0.3, 0.4) is 0 Å². The Balaban J connectivity index is 1.29.